The average molecular weight is 467 g/mol. The number of aromatic nitrogens is 1. The number of carbonyl (C=O) groups excluding carboxylic acids is 2. The molecule has 0 aliphatic carbocycles. The van der Waals surface area contributed by atoms with Crippen LogP contribution in [0.1, 0.15) is 67.4 Å². The van der Waals surface area contributed by atoms with Crippen molar-refractivity contribution in [1.82, 2.24) is 14.8 Å². The smallest absolute Gasteiger partial charge is 0.253 e. The standard InChI is InChI=1S/C27H38N4O3/c1-3-30(16-17-32)27(34)24-11-12-26-25(18-24)21-29(20-23-10-9-13-28-19-23)14-7-5-4-6-8-15-31(26)22(2)33/h9-13,18-19,32H,3-8,14-17,20-21H2,1-2H3. The summed E-state index contributed by atoms with van der Waals surface area (Å²) in [6.45, 7) is 7.32. The first kappa shape index (κ1) is 25.8. The molecule has 1 aliphatic rings. The van der Waals surface area contributed by atoms with Gasteiger partial charge in [0.05, 0.1) is 6.61 Å². The van der Waals surface area contributed by atoms with Crippen molar-refractivity contribution in [2.24, 2.45) is 0 Å². The van der Waals surface area contributed by atoms with Crippen LogP contribution in [0.3, 0.4) is 0 Å². The molecule has 0 radical (unpaired) electrons. The van der Waals surface area contributed by atoms with E-state index in [0.717, 1.165) is 49.2 Å². The summed E-state index contributed by atoms with van der Waals surface area (Å²) in [6, 6.07) is 9.71. The molecular weight excluding hydrogens is 428 g/mol. The van der Waals surface area contributed by atoms with Crippen LogP contribution < -0.4 is 4.90 Å². The van der Waals surface area contributed by atoms with Gasteiger partial charge in [-0.15, -0.1) is 0 Å². The molecule has 0 unspecified atom stereocenters. The van der Waals surface area contributed by atoms with E-state index in [1.54, 1.807) is 18.0 Å². The Labute approximate surface area is 203 Å². The van der Waals surface area contributed by atoms with Crippen LogP contribution in [0.4, 0.5) is 5.69 Å². The maximum atomic E-state index is 13.1. The Kier molecular flexibility index (Phi) is 10.0. The minimum atomic E-state index is -0.0985. The van der Waals surface area contributed by atoms with E-state index in [9.17, 15) is 14.7 Å². The van der Waals surface area contributed by atoms with Crippen LogP contribution >= 0.6 is 0 Å². The average Bonchev–Trinajstić information content (AvgIpc) is 2.83. The number of anilines is 1. The van der Waals surface area contributed by atoms with Gasteiger partial charge in [0.25, 0.3) is 5.91 Å². The quantitative estimate of drug-likeness (QED) is 0.700. The zero-order chi connectivity index (χ0) is 24.3. The summed E-state index contributed by atoms with van der Waals surface area (Å²) < 4.78 is 0. The van der Waals surface area contributed by atoms with Gasteiger partial charge in [-0.05, 0) is 61.7 Å². The first-order valence-corrected chi connectivity index (χ1v) is 12.5. The van der Waals surface area contributed by atoms with E-state index in [1.807, 2.05) is 42.3 Å². The lowest BCUT2D eigenvalue weighted by Gasteiger charge is -2.29. The van der Waals surface area contributed by atoms with E-state index in [4.69, 9.17) is 0 Å². The molecule has 2 amide bonds. The van der Waals surface area contributed by atoms with Crippen molar-refractivity contribution in [3.05, 3.63) is 59.4 Å². The predicted octanol–water partition coefficient (Wildman–Crippen LogP) is 3.86. The number of benzene rings is 1. The number of pyridine rings is 1. The minimum Gasteiger partial charge on any atom is -0.395 e. The zero-order valence-corrected chi connectivity index (χ0v) is 20.6. The van der Waals surface area contributed by atoms with Crippen LogP contribution in [0.25, 0.3) is 0 Å². The van der Waals surface area contributed by atoms with Gasteiger partial charge in [-0.2, -0.15) is 0 Å². The van der Waals surface area contributed by atoms with Gasteiger partial charge >= 0.3 is 0 Å². The van der Waals surface area contributed by atoms with E-state index >= 15 is 0 Å². The summed E-state index contributed by atoms with van der Waals surface area (Å²) in [7, 11) is 0. The van der Waals surface area contributed by atoms with Crippen LogP contribution in [0.5, 0.6) is 0 Å². The highest BCUT2D eigenvalue weighted by Gasteiger charge is 2.21. The number of carbonyl (C=O) groups is 2. The molecule has 7 nitrogen and oxygen atoms in total. The SMILES string of the molecule is CCN(CCO)C(=O)c1ccc2c(c1)CN(Cc1cccnc1)CCCCCCCN2C(C)=O. The molecule has 7 heteroatoms. The van der Waals surface area contributed by atoms with Gasteiger partial charge in [-0.25, -0.2) is 0 Å². The third-order valence-corrected chi connectivity index (χ3v) is 6.42. The van der Waals surface area contributed by atoms with Crippen molar-refractivity contribution in [2.45, 2.75) is 59.0 Å². The number of likely N-dealkylation sites (N-methyl/N-ethyl adjacent to an activating group) is 1. The summed E-state index contributed by atoms with van der Waals surface area (Å²) >= 11 is 0. The fraction of sp³-hybridized carbons (Fsp3) is 0.519. The molecule has 1 aliphatic heterocycles. The van der Waals surface area contributed by atoms with E-state index < -0.39 is 0 Å². The molecule has 1 aromatic heterocycles. The number of fused-ring (bicyclic) bond motifs is 1. The highest BCUT2D eigenvalue weighted by atomic mass is 16.3. The van der Waals surface area contributed by atoms with Crippen molar-refractivity contribution in [1.29, 1.82) is 0 Å². The Morgan fingerprint density at radius 2 is 1.85 bits per heavy atom. The molecule has 0 bridgehead atoms. The van der Waals surface area contributed by atoms with Crippen LogP contribution in [-0.2, 0) is 17.9 Å². The first-order chi connectivity index (χ1) is 16.5. The van der Waals surface area contributed by atoms with Gasteiger partial charge in [-0.1, -0.05) is 25.3 Å². The monoisotopic (exact) mass is 466 g/mol. The summed E-state index contributed by atoms with van der Waals surface area (Å²) in [5.74, 6) is -0.0784. The molecule has 1 aromatic carbocycles. The van der Waals surface area contributed by atoms with Crippen LogP contribution in [0.2, 0.25) is 0 Å². The molecule has 184 valence electrons. The van der Waals surface area contributed by atoms with Gasteiger partial charge in [0, 0.05) is 63.3 Å². The molecule has 0 saturated carbocycles. The van der Waals surface area contributed by atoms with Gasteiger partial charge in [0.2, 0.25) is 5.91 Å². The number of hydrogen-bond acceptors (Lipinski definition) is 5. The van der Waals surface area contributed by atoms with Crippen molar-refractivity contribution in [3.63, 3.8) is 0 Å². The normalized spacial score (nSPS) is 15.7. The Balaban J connectivity index is 1.99. The third-order valence-electron chi connectivity index (χ3n) is 6.42. The lowest BCUT2D eigenvalue weighted by molar-refractivity contribution is -0.116. The fourth-order valence-electron chi connectivity index (χ4n) is 4.60. The Morgan fingerprint density at radius 1 is 1.09 bits per heavy atom. The Morgan fingerprint density at radius 3 is 2.53 bits per heavy atom. The van der Waals surface area contributed by atoms with Crippen molar-refractivity contribution in [3.8, 4) is 0 Å². The van der Waals surface area contributed by atoms with Crippen molar-refractivity contribution >= 4 is 17.5 Å². The van der Waals surface area contributed by atoms with Crippen molar-refractivity contribution < 1.29 is 14.7 Å². The number of nitrogens with zero attached hydrogens (tertiary/aromatic N) is 4. The maximum absolute atomic E-state index is 13.1. The van der Waals surface area contributed by atoms with Crippen LogP contribution in [0, 0.1) is 0 Å². The summed E-state index contributed by atoms with van der Waals surface area (Å²) in [6.07, 6.45) is 9.21. The summed E-state index contributed by atoms with van der Waals surface area (Å²) in [5, 5.41) is 9.35. The van der Waals surface area contributed by atoms with E-state index in [-0.39, 0.29) is 18.4 Å². The molecule has 0 atom stereocenters. The Hall–Kier alpha value is -2.77. The first-order valence-electron chi connectivity index (χ1n) is 12.5. The largest absolute Gasteiger partial charge is 0.395 e. The number of rotatable bonds is 6. The highest BCUT2D eigenvalue weighted by Crippen LogP contribution is 2.27. The molecule has 0 saturated heterocycles. The topological polar surface area (TPSA) is 77.0 Å². The van der Waals surface area contributed by atoms with Gasteiger partial charge < -0.3 is 14.9 Å². The number of amides is 2. The second kappa shape index (κ2) is 13.2. The van der Waals surface area contributed by atoms with Crippen LogP contribution in [0.15, 0.2) is 42.7 Å². The molecule has 2 aromatic rings. The molecular formula is C27H38N4O3. The van der Waals surface area contributed by atoms with Gasteiger partial charge in [0.15, 0.2) is 0 Å². The molecule has 0 spiro atoms. The van der Waals surface area contributed by atoms with E-state index in [0.29, 0.717) is 31.7 Å². The molecule has 1 N–H and O–H groups in total. The highest BCUT2D eigenvalue weighted by molar-refractivity contribution is 5.97. The number of hydrogen-bond donors (Lipinski definition) is 1. The lowest BCUT2D eigenvalue weighted by atomic mass is 10.0. The molecule has 2 heterocycles. The van der Waals surface area contributed by atoms with Crippen LogP contribution in [-0.4, -0.2) is 64.5 Å². The fourth-order valence-corrected chi connectivity index (χ4v) is 4.60. The second-order valence-electron chi connectivity index (χ2n) is 8.96. The van der Waals surface area contributed by atoms with E-state index in [1.165, 1.54) is 12.8 Å². The third kappa shape index (κ3) is 7.11. The number of aliphatic hydroxyl groups is 1. The van der Waals surface area contributed by atoms with Crippen molar-refractivity contribution in [2.75, 3.05) is 37.7 Å². The Bertz CT molecular complexity index is 935. The predicted molar refractivity (Wildman–Crippen MR) is 135 cm³/mol. The van der Waals surface area contributed by atoms with E-state index in [2.05, 4.69) is 16.0 Å². The van der Waals surface area contributed by atoms with Gasteiger partial charge in [0.1, 0.15) is 0 Å². The maximum Gasteiger partial charge on any atom is 0.253 e. The molecule has 0 fully saturated rings. The number of aliphatic hydroxyl groups excluding tert-OH is 1. The minimum absolute atomic E-state index is 0.0201. The molecule has 34 heavy (non-hydrogen) atoms. The lowest BCUT2D eigenvalue weighted by Crippen LogP contribution is -2.34. The second-order valence-corrected chi connectivity index (χ2v) is 8.96. The molecule has 3 rings (SSSR count). The summed E-state index contributed by atoms with van der Waals surface area (Å²) in [4.78, 5) is 35.9. The summed E-state index contributed by atoms with van der Waals surface area (Å²) in [5.41, 5.74) is 3.59. The van der Waals surface area contributed by atoms with Gasteiger partial charge in [-0.3, -0.25) is 19.5 Å². The zero-order valence-electron chi connectivity index (χ0n) is 20.6.